The van der Waals surface area contributed by atoms with Crippen LogP contribution in [0.2, 0.25) is 0 Å². The molecule has 8 heteroatoms. The molecule has 1 saturated carbocycles. The van der Waals surface area contributed by atoms with Crippen LogP contribution in [-0.2, 0) is 14.3 Å². The molecular weight excluding hydrogens is 392 g/mol. The zero-order chi connectivity index (χ0) is 20.8. The van der Waals surface area contributed by atoms with Crippen LogP contribution >= 0.6 is 11.6 Å². The molecule has 2 aliphatic heterocycles. The molecule has 4 atom stereocenters. The Kier molecular flexibility index (Phi) is 8.35. The number of carbonyl (C=O) groups excluding carboxylic acids is 2. The van der Waals surface area contributed by atoms with Crippen molar-refractivity contribution in [3.63, 3.8) is 0 Å². The molecule has 2 amide bonds. The average molecular weight is 427 g/mol. The first kappa shape index (κ1) is 22.5. The number of carbonyl (C=O) groups is 2. The lowest BCUT2D eigenvalue weighted by molar-refractivity contribution is -0.136. The van der Waals surface area contributed by atoms with Crippen LogP contribution in [0.5, 0.6) is 0 Å². The van der Waals surface area contributed by atoms with Crippen molar-refractivity contribution in [1.29, 1.82) is 0 Å². The zero-order valence-corrected chi connectivity index (χ0v) is 18.2. The van der Waals surface area contributed by atoms with Crippen molar-refractivity contribution in [2.45, 2.75) is 43.2 Å². The van der Waals surface area contributed by atoms with Gasteiger partial charge in [0.1, 0.15) is 0 Å². The number of hydrogen-bond acceptors (Lipinski definition) is 5. The smallest absolute Gasteiger partial charge is 0.246 e. The molecule has 7 nitrogen and oxygen atoms in total. The van der Waals surface area contributed by atoms with Crippen LogP contribution in [0.25, 0.3) is 0 Å². The van der Waals surface area contributed by atoms with Crippen molar-refractivity contribution in [1.82, 2.24) is 20.4 Å². The summed E-state index contributed by atoms with van der Waals surface area (Å²) in [5, 5.41) is 7.03. The molecule has 0 bridgehead atoms. The number of alkyl halides is 1. The number of ether oxygens (including phenoxy) is 1. The van der Waals surface area contributed by atoms with Gasteiger partial charge < -0.3 is 25.2 Å². The highest BCUT2D eigenvalue weighted by molar-refractivity contribution is 6.20. The summed E-state index contributed by atoms with van der Waals surface area (Å²) in [4.78, 5) is 28.0. The highest BCUT2D eigenvalue weighted by atomic mass is 35.5. The Morgan fingerprint density at radius 3 is 2.45 bits per heavy atom. The molecule has 29 heavy (non-hydrogen) atoms. The predicted octanol–water partition coefficient (Wildman–Crippen LogP) is 0.833. The highest BCUT2D eigenvalue weighted by Crippen LogP contribution is 2.38. The standard InChI is InChI=1S/C21H35ClN4O3/c1-3-20(27)25-8-10-26(11-9-25)21(28)14-24-18-12-16(15-4-6-23-7-5-15)17(22)13-19(18)29-2/h3,15-19,23-24H,1,4-14H2,2H3. The first-order chi connectivity index (χ1) is 14.0. The van der Waals surface area contributed by atoms with Gasteiger partial charge in [0.25, 0.3) is 0 Å². The topological polar surface area (TPSA) is 73.9 Å². The van der Waals surface area contributed by atoms with Crippen molar-refractivity contribution in [2.75, 3.05) is 52.9 Å². The monoisotopic (exact) mass is 426 g/mol. The van der Waals surface area contributed by atoms with E-state index in [1.54, 1.807) is 12.0 Å². The molecule has 0 spiro atoms. The molecule has 4 unspecified atom stereocenters. The second kappa shape index (κ2) is 10.8. The first-order valence-electron chi connectivity index (χ1n) is 10.8. The van der Waals surface area contributed by atoms with E-state index < -0.39 is 0 Å². The Bertz CT molecular complexity index is 576. The summed E-state index contributed by atoms with van der Waals surface area (Å²) in [6.45, 7) is 8.21. The Hall–Kier alpha value is -1.15. The highest BCUT2D eigenvalue weighted by Gasteiger charge is 2.40. The van der Waals surface area contributed by atoms with Crippen LogP contribution in [0.3, 0.4) is 0 Å². The fourth-order valence-electron chi connectivity index (χ4n) is 5.02. The van der Waals surface area contributed by atoms with E-state index in [0.29, 0.717) is 44.6 Å². The Morgan fingerprint density at radius 1 is 1.17 bits per heavy atom. The molecule has 3 aliphatic rings. The molecule has 2 saturated heterocycles. The third-order valence-corrected chi connectivity index (χ3v) is 7.32. The van der Waals surface area contributed by atoms with Gasteiger partial charge in [-0.25, -0.2) is 0 Å². The lowest BCUT2D eigenvalue weighted by atomic mass is 9.73. The van der Waals surface area contributed by atoms with Crippen molar-refractivity contribution in [3.05, 3.63) is 12.7 Å². The quantitative estimate of drug-likeness (QED) is 0.486. The van der Waals surface area contributed by atoms with Crippen LogP contribution in [0.15, 0.2) is 12.7 Å². The van der Waals surface area contributed by atoms with E-state index in [-0.39, 0.29) is 29.3 Å². The van der Waals surface area contributed by atoms with E-state index in [1.807, 2.05) is 4.90 Å². The summed E-state index contributed by atoms with van der Waals surface area (Å²) >= 11 is 6.75. The third-order valence-electron chi connectivity index (χ3n) is 6.82. The minimum Gasteiger partial charge on any atom is -0.380 e. The minimum atomic E-state index is -0.0695. The molecule has 2 N–H and O–H groups in total. The second-order valence-corrected chi connectivity index (χ2v) is 8.97. The molecule has 3 fully saturated rings. The van der Waals surface area contributed by atoms with E-state index in [9.17, 15) is 9.59 Å². The van der Waals surface area contributed by atoms with Gasteiger partial charge in [-0.15, -0.1) is 11.6 Å². The molecule has 0 aromatic carbocycles. The fraction of sp³-hybridized carbons (Fsp3) is 0.810. The second-order valence-electron chi connectivity index (χ2n) is 8.41. The number of piperidine rings is 1. The average Bonchev–Trinajstić information content (AvgIpc) is 2.77. The summed E-state index contributed by atoms with van der Waals surface area (Å²) in [5.74, 6) is 1.12. The number of rotatable bonds is 6. The number of piperazine rings is 1. The van der Waals surface area contributed by atoms with Gasteiger partial charge >= 0.3 is 0 Å². The van der Waals surface area contributed by atoms with Crippen molar-refractivity contribution in [3.8, 4) is 0 Å². The molecule has 0 aromatic heterocycles. The zero-order valence-electron chi connectivity index (χ0n) is 17.4. The Morgan fingerprint density at radius 2 is 1.83 bits per heavy atom. The summed E-state index contributed by atoms with van der Waals surface area (Å²) in [5.41, 5.74) is 0. The lowest BCUT2D eigenvalue weighted by Gasteiger charge is -2.43. The summed E-state index contributed by atoms with van der Waals surface area (Å²) < 4.78 is 5.70. The van der Waals surface area contributed by atoms with Crippen LogP contribution < -0.4 is 10.6 Å². The molecule has 164 valence electrons. The van der Waals surface area contributed by atoms with Gasteiger partial charge in [-0.2, -0.15) is 0 Å². The van der Waals surface area contributed by atoms with Gasteiger partial charge in [-0.05, 0) is 56.7 Å². The summed E-state index contributed by atoms with van der Waals surface area (Å²) in [7, 11) is 1.73. The molecule has 2 heterocycles. The largest absolute Gasteiger partial charge is 0.380 e. The maximum Gasteiger partial charge on any atom is 0.246 e. The van der Waals surface area contributed by atoms with Gasteiger partial charge in [-0.1, -0.05) is 6.58 Å². The van der Waals surface area contributed by atoms with Gasteiger partial charge in [0, 0.05) is 44.7 Å². The van der Waals surface area contributed by atoms with Gasteiger partial charge in [0.15, 0.2) is 0 Å². The molecular formula is C21H35ClN4O3. The SMILES string of the molecule is C=CC(=O)N1CCN(C(=O)CNC2CC(C3CCNCC3)C(Cl)CC2OC)CC1. The predicted molar refractivity (Wildman–Crippen MR) is 114 cm³/mol. The normalized spacial score (nSPS) is 31.5. The van der Waals surface area contributed by atoms with Crippen molar-refractivity contribution >= 4 is 23.4 Å². The van der Waals surface area contributed by atoms with Crippen LogP contribution in [0.1, 0.15) is 25.7 Å². The molecule has 1 aliphatic carbocycles. The van der Waals surface area contributed by atoms with Crippen LogP contribution in [0.4, 0.5) is 0 Å². The lowest BCUT2D eigenvalue weighted by Crippen LogP contribution is -2.55. The number of halogens is 1. The number of amides is 2. The van der Waals surface area contributed by atoms with Crippen LogP contribution in [-0.4, -0.2) is 92.1 Å². The first-order valence-corrected chi connectivity index (χ1v) is 11.3. The summed E-state index contributed by atoms with van der Waals surface area (Å²) in [6, 6.07) is 0.141. The number of methoxy groups -OCH3 is 1. The van der Waals surface area contributed by atoms with E-state index in [0.717, 1.165) is 25.9 Å². The van der Waals surface area contributed by atoms with Gasteiger partial charge in [0.05, 0.1) is 12.6 Å². The third kappa shape index (κ3) is 5.72. The molecule has 0 aromatic rings. The maximum atomic E-state index is 12.7. The number of nitrogens with zero attached hydrogens (tertiary/aromatic N) is 2. The van der Waals surface area contributed by atoms with E-state index in [1.165, 1.54) is 18.9 Å². The Labute approximate surface area is 179 Å². The summed E-state index contributed by atoms with van der Waals surface area (Å²) in [6.07, 6.45) is 5.48. The van der Waals surface area contributed by atoms with Gasteiger partial charge in [-0.3, -0.25) is 9.59 Å². The molecule has 3 rings (SSSR count). The van der Waals surface area contributed by atoms with Crippen molar-refractivity contribution in [2.24, 2.45) is 11.8 Å². The molecule has 0 radical (unpaired) electrons. The maximum absolute atomic E-state index is 12.7. The van der Waals surface area contributed by atoms with E-state index >= 15 is 0 Å². The van der Waals surface area contributed by atoms with Crippen molar-refractivity contribution < 1.29 is 14.3 Å². The number of nitrogens with one attached hydrogen (secondary N) is 2. The van der Waals surface area contributed by atoms with Gasteiger partial charge in [0.2, 0.25) is 11.8 Å². The van der Waals surface area contributed by atoms with E-state index in [4.69, 9.17) is 16.3 Å². The fourth-order valence-corrected chi connectivity index (χ4v) is 5.51. The minimum absolute atomic E-state index is 0.0327. The Balaban J connectivity index is 1.50. The number of hydrogen-bond donors (Lipinski definition) is 2. The van der Waals surface area contributed by atoms with E-state index in [2.05, 4.69) is 17.2 Å². The van der Waals surface area contributed by atoms with Crippen LogP contribution in [0, 0.1) is 11.8 Å².